The Morgan fingerprint density at radius 3 is 3.00 bits per heavy atom. The number of carbonyl (C=O) groups excluding carboxylic acids is 1. The van der Waals surface area contributed by atoms with Crippen LogP contribution in [0.5, 0.6) is 0 Å². The van der Waals surface area contributed by atoms with Gasteiger partial charge in [0.25, 0.3) is 5.91 Å². The molecule has 0 radical (unpaired) electrons. The Bertz CT molecular complexity index is 561. The minimum Gasteiger partial charge on any atom is -0.336 e. The first-order valence-corrected chi connectivity index (χ1v) is 7.29. The van der Waals surface area contributed by atoms with Crippen LogP contribution in [0.2, 0.25) is 0 Å². The molecule has 0 saturated carbocycles. The molecule has 1 aliphatic heterocycles. The van der Waals surface area contributed by atoms with E-state index in [9.17, 15) is 4.79 Å². The zero-order valence-corrected chi connectivity index (χ0v) is 12.7. The zero-order valence-electron chi connectivity index (χ0n) is 12.7. The molecule has 0 bridgehead atoms. The van der Waals surface area contributed by atoms with Gasteiger partial charge in [-0.05, 0) is 19.5 Å². The molecule has 1 aliphatic rings. The fourth-order valence-corrected chi connectivity index (χ4v) is 2.53. The monoisotopic (exact) mass is 286 g/mol. The highest BCUT2D eigenvalue weighted by Gasteiger charge is 2.26. The van der Waals surface area contributed by atoms with Gasteiger partial charge in [-0.1, -0.05) is 18.8 Å². The maximum atomic E-state index is 12.6. The lowest BCUT2D eigenvalue weighted by molar-refractivity contribution is 0.0541. The molecule has 0 spiro atoms. The molecular formula is C16H22N4O. The van der Waals surface area contributed by atoms with E-state index in [0.29, 0.717) is 18.2 Å². The molecule has 1 atom stereocenters. The number of carbonyl (C=O) groups is 1. The molecule has 1 fully saturated rings. The number of piperazine rings is 1. The van der Waals surface area contributed by atoms with Gasteiger partial charge in [-0.25, -0.2) is 0 Å². The van der Waals surface area contributed by atoms with E-state index in [4.69, 9.17) is 5.73 Å². The maximum Gasteiger partial charge on any atom is 0.255 e. The van der Waals surface area contributed by atoms with Gasteiger partial charge in [-0.15, -0.1) is 0 Å². The van der Waals surface area contributed by atoms with Crippen LogP contribution in [0.3, 0.4) is 0 Å². The molecule has 1 saturated heterocycles. The second kappa shape index (κ2) is 7.21. The van der Waals surface area contributed by atoms with E-state index >= 15 is 0 Å². The number of aromatic nitrogens is 1. The first-order chi connectivity index (χ1) is 10.2. The van der Waals surface area contributed by atoms with Gasteiger partial charge >= 0.3 is 0 Å². The Morgan fingerprint density at radius 1 is 1.48 bits per heavy atom. The van der Waals surface area contributed by atoms with Gasteiger partial charge in [0.2, 0.25) is 0 Å². The molecule has 21 heavy (non-hydrogen) atoms. The molecule has 112 valence electrons. The molecule has 1 aromatic rings. The number of rotatable bonds is 2. The Labute approximate surface area is 126 Å². The lowest BCUT2D eigenvalue weighted by atomic mass is 10.1. The topological polar surface area (TPSA) is 62.5 Å². The van der Waals surface area contributed by atoms with Crippen LogP contribution >= 0.6 is 0 Å². The van der Waals surface area contributed by atoms with Crippen LogP contribution in [0, 0.1) is 11.8 Å². The highest BCUT2D eigenvalue weighted by atomic mass is 16.2. The number of nitrogens with two attached hydrogens (primary N) is 1. The van der Waals surface area contributed by atoms with Gasteiger partial charge in [0, 0.05) is 43.6 Å². The number of pyridine rings is 1. The summed E-state index contributed by atoms with van der Waals surface area (Å²) in [6.45, 7) is 4.88. The normalized spacial score (nSPS) is 19.0. The summed E-state index contributed by atoms with van der Waals surface area (Å²) in [5, 5.41) is 0. The number of hydrogen-bond acceptors (Lipinski definition) is 4. The van der Waals surface area contributed by atoms with Crippen molar-refractivity contribution in [3.05, 3.63) is 29.6 Å². The highest BCUT2D eigenvalue weighted by molar-refractivity contribution is 5.94. The van der Waals surface area contributed by atoms with Crippen LogP contribution < -0.4 is 5.73 Å². The number of nitrogens with zero attached hydrogens (tertiary/aromatic N) is 3. The second-order valence-electron chi connectivity index (χ2n) is 5.26. The quantitative estimate of drug-likeness (QED) is 0.807. The first-order valence-electron chi connectivity index (χ1n) is 7.29. The summed E-state index contributed by atoms with van der Waals surface area (Å²) in [6.07, 6.45) is 4.30. The Hall–Kier alpha value is -1.90. The third-order valence-electron chi connectivity index (χ3n) is 3.86. The standard InChI is InChI=1S/C16H22N4O/c1-3-15-12-20(8-7-19(15)2)16(21)14-9-13(5-4-6-17)10-18-11-14/h9-11,15H,3,6-8,12,17H2,1-2H3. The molecule has 2 rings (SSSR count). The molecule has 0 aromatic carbocycles. The molecule has 2 heterocycles. The number of hydrogen-bond donors (Lipinski definition) is 1. The van der Waals surface area contributed by atoms with E-state index in [1.807, 2.05) is 4.90 Å². The Kier molecular flexibility index (Phi) is 5.32. The van der Waals surface area contributed by atoms with Gasteiger partial charge in [-0.3, -0.25) is 14.7 Å². The van der Waals surface area contributed by atoms with Gasteiger partial charge in [-0.2, -0.15) is 0 Å². The lowest BCUT2D eigenvalue weighted by Gasteiger charge is -2.39. The molecule has 0 aliphatic carbocycles. The third-order valence-corrected chi connectivity index (χ3v) is 3.86. The maximum absolute atomic E-state index is 12.6. The van der Waals surface area contributed by atoms with E-state index in [1.54, 1.807) is 18.5 Å². The van der Waals surface area contributed by atoms with Crippen molar-refractivity contribution in [3.8, 4) is 11.8 Å². The van der Waals surface area contributed by atoms with E-state index < -0.39 is 0 Å². The van der Waals surface area contributed by atoms with E-state index in [1.165, 1.54) is 0 Å². The predicted molar refractivity (Wildman–Crippen MR) is 82.8 cm³/mol. The number of likely N-dealkylation sites (N-methyl/N-ethyl adjacent to an activating group) is 1. The molecular weight excluding hydrogens is 264 g/mol. The van der Waals surface area contributed by atoms with E-state index in [-0.39, 0.29) is 5.91 Å². The van der Waals surface area contributed by atoms with Crippen LogP contribution in [0.15, 0.2) is 18.5 Å². The van der Waals surface area contributed by atoms with Crippen molar-refractivity contribution in [3.63, 3.8) is 0 Å². The smallest absolute Gasteiger partial charge is 0.255 e. The van der Waals surface area contributed by atoms with E-state index in [0.717, 1.165) is 31.6 Å². The minimum atomic E-state index is 0.0328. The summed E-state index contributed by atoms with van der Waals surface area (Å²) < 4.78 is 0. The second-order valence-corrected chi connectivity index (χ2v) is 5.26. The molecule has 1 unspecified atom stereocenters. The summed E-state index contributed by atoms with van der Waals surface area (Å²) in [6, 6.07) is 2.22. The van der Waals surface area contributed by atoms with E-state index in [2.05, 4.69) is 35.7 Å². The van der Waals surface area contributed by atoms with Crippen molar-refractivity contribution >= 4 is 5.91 Å². The summed E-state index contributed by atoms with van der Waals surface area (Å²) in [5.74, 6) is 5.72. The fourth-order valence-electron chi connectivity index (χ4n) is 2.53. The molecule has 1 amide bonds. The van der Waals surface area contributed by atoms with Gasteiger partial charge in [0.05, 0.1) is 12.1 Å². The fraction of sp³-hybridized carbons (Fsp3) is 0.500. The van der Waals surface area contributed by atoms with Crippen molar-refractivity contribution in [2.45, 2.75) is 19.4 Å². The van der Waals surface area contributed by atoms with Gasteiger partial charge in [0.1, 0.15) is 0 Å². The summed E-state index contributed by atoms with van der Waals surface area (Å²) in [7, 11) is 2.11. The summed E-state index contributed by atoms with van der Waals surface area (Å²) in [5.41, 5.74) is 6.69. The van der Waals surface area contributed by atoms with Crippen molar-refractivity contribution in [2.75, 3.05) is 33.2 Å². The first kappa shape index (κ1) is 15.5. The van der Waals surface area contributed by atoms with Crippen LogP contribution in [0.4, 0.5) is 0 Å². The SMILES string of the molecule is CCC1CN(C(=O)c2cncc(C#CCN)c2)CCN1C. The summed E-state index contributed by atoms with van der Waals surface area (Å²) >= 11 is 0. The van der Waals surface area contributed by atoms with Crippen LogP contribution in [0.1, 0.15) is 29.3 Å². The molecule has 5 heteroatoms. The van der Waals surface area contributed by atoms with Crippen LogP contribution in [-0.4, -0.2) is 60.0 Å². The largest absolute Gasteiger partial charge is 0.336 e. The molecule has 1 aromatic heterocycles. The third kappa shape index (κ3) is 3.81. The van der Waals surface area contributed by atoms with Gasteiger partial charge in [0.15, 0.2) is 0 Å². The Morgan fingerprint density at radius 2 is 2.29 bits per heavy atom. The van der Waals surface area contributed by atoms with Crippen molar-refractivity contribution in [2.24, 2.45) is 5.73 Å². The van der Waals surface area contributed by atoms with Crippen molar-refractivity contribution in [1.82, 2.24) is 14.8 Å². The Balaban J connectivity index is 2.13. The van der Waals surface area contributed by atoms with Crippen molar-refractivity contribution < 1.29 is 4.79 Å². The number of amides is 1. The predicted octanol–water partition coefficient (Wildman–Crippen LogP) is 0.558. The lowest BCUT2D eigenvalue weighted by Crippen LogP contribution is -2.53. The zero-order chi connectivity index (χ0) is 15.2. The van der Waals surface area contributed by atoms with Crippen LogP contribution in [-0.2, 0) is 0 Å². The highest BCUT2D eigenvalue weighted by Crippen LogP contribution is 2.14. The average molecular weight is 286 g/mol. The van der Waals surface area contributed by atoms with Crippen LogP contribution in [0.25, 0.3) is 0 Å². The minimum absolute atomic E-state index is 0.0328. The molecule has 2 N–H and O–H groups in total. The molecule has 5 nitrogen and oxygen atoms in total. The van der Waals surface area contributed by atoms with Crippen molar-refractivity contribution in [1.29, 1.82) is 0 Å². The average Bonchev–Trinajstić information content (AvgIpc) is 2.53. The summed E-state index contributed by atoms with van der Waals surface area (Å²) in [4.78, 5) is 20.9. The van der Waals surface area contributed by atoms with Gasteiger partial charge < -0.3 is 10.6 Å².